The second-order valence-electron chi connectivity index (χ2n) is 3.75. The molecule has 2 rings (SSSR count). The van der Waals surface area contributed by atoms with Crippen LogP contribution in [-0.4, -0.2) is 11.0 Å². The van der Waals surface area contributed by atoms with E-state index in [1.165, 1.54) is 4.88 Å². The van der Waals surface area contributed by atoms with Gasteiger partial charge in [-0.1, -0.05) is 35.5 Å². The molecule has 1 aromatic carbocycles. The largest absolute Gasteiger partial charge is 0.409 e. The number of hydrogen-bond donors (Lipinski definition) is 2. The summed E-state index contributed by atoms with van der Waals surface area (Å²) in [6, 6.07) is 11.5. The molecule has 94 valence electrons. The van der Waals surface area contributed by atoms with Crippen molar-refractivity contribution in [1.29, 1.82) is 0 Å². The zero-order valence-electron chi connectivity index (χ0n) is 9.74. The van der Waals surface area contributed by atoms with Crippen molar-refractivity contribution in [2.45, 2.75) is 13.2 Å². The maximum absolute atomic E-state index is 8.54. The van der Waals surface area contributed by atoms with E-state index in [0.29, 0.717) is 18.8 Å². The van der Waals surface area contributed by atoms with Crippen LogP contribution < -0.4 is 5.73 Å². The van der Waals surface area contributed by atoms with Crippen molar-refractivity contribution in [2.24, 2.45) is 10.9 Å². The Labute approximate surface area is 109 Å². The van der Waals surface area contributed by atoms with Crippen LogP contribution in [0.25, 0.3) is 0 Å². The van der Waals surface area contributed by atoms with Crippen molar-refractivity contribution in [1.82, 2.24) is 0 Å². The normalized spacial score (nSPS) is 11.7. The lowest BCUT2D eigenvalue weighted by Gasteiger charge is -2.04. The summed E-state index contributed by atoms with van der Waals surface area (Å²) in [7, 11) is 0. The first-order valence-electron chi connectivity index (χ1n) is 5.46. The van der Waals surface area contributed by atoms with E-state index in [1.807, 2.05) is 29.6 Å². The summed E-state index contributed by atoms with van der Waals surface area (Å²) < 4.78 is 5.59. The Balaban J connectivity index is 1.87. The van der Waals surface area contributed by atoms with Crippen molar-refractivity contribution < 1.29 is 9.94 Å². The molecule has 0 saturated heterocycles. The molecule has 0 aliphatic carbocycles. The fraction of sp³-hybridized carbons (Fsp3) is 0.154. The third kappa shape index (κ3) is 3.32. The van der Waals surface area contributed by atoms with Crippen molar-refractivity contribution in [3.05, 3.63) is 57.8 Å². The summed E-state index contributed by atoms with van der Waals surface area (Å²) in [5.41, 5.74) is 7.23. The molecule has 0 radical (unpaired) electrons. The minimum Gasteiger partial charge on any atom is -0.409 e. The SMILES string of the molecule is N/C(=N/O)c1ccc(COCc2cccs2)cc1. The lowest BCUT2D eigenvalue weighted by atomic mass is 10.1. The van der Waals surface area contributed by atoms with E-state index >= 15 is 0 Å². The summed E-state index contributed by atoms with van der Waals surface area (Å²) in [5, 5.41) is 13.5. The third-order valence-corrected chi connectivity index (χ3v) is 3.30. The number of oxime groups is 1. The Morgan fingerprint density at radius 2 is 2.00 bits per heavy atom. The van der Waals surface area contributed by atoms with E-state index in [0.717, 1.165) is 5.56 Å². The van der Waals surface area contributed by atoms with Gasteiger partial charge in [0, 0.05) is 10.4 Å². The number of nitrogens with two attached hydrogens (primary N) is 1. The molecule has 0 amide bonds. The molecule has 0 bridgehead atoms. The molecule has 1 heterocycles. The Bertz CT molecular complexity index is 506. The first kappa shape index (κ1) is 12.6. The van der Waals surface area contributed by atoms with Gasteiger partial charge in [0.2, 0.25) is 0 Å². The Morgan fingerprint density at radius 3 is 2.61 bits per heavy atom. The van der Waals surface area contributed by atoms with E-state index in [2.05, 4.69) is 5.16 Å². The lowest BCUT2D eigenvalue weighted by Crippen LogP contribution is -2.12. The van der Waals surface area contributed by atoms with Crippen LogP contribution in [0.2, 0.25) is 0 Å². The average molecular weight is 262 g/mol. The second-order valence-corrected chi connectivity index (χ2v) is 4.79. The smallest absolute Gasteiger partial charge is 0.170 e. The van der Waals surface area contributed by atoms with Gasteiger partial charge in [-0.2, -0.15) is 0 Å². The number of benzene rings is 1. The zero-order chi connectivity index (χ0) is 12.8. The molecule has 18 heavy (non-hydrogen) atoms. The molecule has 1 aromatic heterocycles. The zero-order valence-corrected chi connectivity index (χ0v) is 10.6. The van der Waals surface area contributed by atoms with E-state index in [-0.39, 0.29) is 5.84 Å². The van der Waals surface area contributed by atoms with Crippen LogP contribution in [0.15, 0.2) is 46.9 Å². The minimum absolute atomic E-state index is 0.112. The lowest BCUT2D eigenvalue weighted by molar-refractivity contribution is 0.109. The highest BCUT2D eigenvalue weighted by molar-refractivity contribution is 7.09. The monoisotopic (exact) mass is 262 g/mol. The standard InChI is InChI=1S/C13H14N2O2S/c14-13(15-16)11-5-3-10(4-6-11)8-17-9-12-2-1-7-18-12/h1-7,16H,8-9H2,(H2,14,15). The van der Waals surface area contributed by atoms with Gasteiger partial charge < -0.3 is 15.7 Å². The van der Waals surface area contributed by atoms with Crippen LogP contribution >= 0.6 is 11.3 Å². The van der Waals surface area contributed by atoms with Gasteiger partial charge in [-0.3, -0.25) is 0 Å². The second kappa shape index (κ2) is 6.18. The van der Waals surface area contributed by atoms with Crippen LogP contribution in [0.4, 0.5) is 0 Å². The highest BCUT2D eigenvalue weighted by Gasteiger charge is 2.00. The first-order valence-corrected chi connectivity index (χ1v) is 6.34. The highest BCUT2D eigenvalue weighted by Crippen LogP contribution is 2.12. The number of hydrogen-bond acceptors (Lipinski definition) is 4. The van der Waals surface area contributed by atoms with Gasteiger partial charge in [0.1, 0.15) is 0 Å². The Morgan fingerprint density at radius 1 is 1.22 bits per heavy atom. The van der Waals surface area contributed by atoms with E-state index in [9.17, 15) is 0 Å². The van der Waals surface area contributed by atoms with Crippen molar-refractivity contribution in [2.75, 3.05) is 0 Å². The molecule has 0 atom stereocenters. The molecule has 5 heteroatoms. The fourth-order valence-electron chi connectivity index (χ4n) is 1.49. The summed E-state index contributed by atoms with van der Waals surface area (Å²) >= 11 is 1.68. The minimum atomic E-state index is 0.112. The summed E-state index contributed by atoms with van der Waals surface area (Å²) in [5.74, 6) is 0.112. The number of thiophene rings is 1. The van der Waals surface area contributed by atoms with Gasteiger partial charge >= 0.3 is 0 Å². The molecule has 0 saturated carbocycles. The van der Waals surface area contributed by atoms with Crippen LogP contribution in [0, 0.1) is 0 Å². The number of rotatable bonds is 5. The van der Waals surface area contributed by atoms with Crippen molar-refractivity contribution in [3.8, 4) is 0 Å². The molecule has 4 nitrogen and oxygen atoms in total. The fourth-order valence-corrected chi connectivity index (χ4v) is 2.13. The van der Waals surface area contributed by atoms with Gasteiger partial charge in [0.25, 0.3) is 0 Å². The molecule has 0 unspecified atom stereocenters. The van der Waals surface area contributed by atoms with Crippen LogP contribution in [0.1, 0.15) is 16.0 Å². The quantitative estimate of drug-likeness (QED) is 0.376. The van der Waals surface area contributed by atoms with Crippen molar-refractivity contribution >= 4 is 17.2 Å². The Kier molecular flexibility index (Phi) is 4.33. The number of amidine groups is 1. The summed E-state index contributed by atoms with van der Waals surface area (Å²) in [4.78, 5) is 1.21. The summed E-state index contributed by atoms with van der Waals surface area (Å²) in [6.45, 7) is 1.17. The highest BCUT2D eigenvalue weighted by atomic mass is 32.1. The van der Waals surface area contributed by atoms with Crippen LogP contribution in [0.3, 0.4) is 0 Å². The molecule has 0 aliphatic rings. The Hall–Kier alpha value is -1.85. The maximum Gasteiger partial charge on any atom is 0.170 e. The summed E-state index contributed by atoms with van der Waals surface area (Å²) in [6.07, 6.45) is 0. The van der Waals surface area contributed by atoms with Gasteiger partial charge in [-0.05, 0) is 17.0 Å². The van der Waals surface area contributed by atoms with Gasteiger partial charge in [-0.15, -0.1) is 11.3 Å². The molecule has 3 N–H and O–H groups in total. The number of nitrogens with zero attached hydrogens (tertiary/aromatic N) is 1. The molecule has 0 spiro atoms. The van der Waals surface area contributed by atoms with Crippen LogP contribution in [-0.2, 0) is 18.0 Å². The number of ether oxygens (including phenoxy) is 1. The predicted octanol–water partition coefficient (Wildman–Crippen LogP) is 2.56. The van der Waals surface area contributed by atoms with E-state index in [1.54, 1.807) is 23.5 Å². The van der Waals surface area contributed by atoms with E-state index in [4.69, 9.17) is 15.7 Å². The van der Waals surface area contributed by atoms with E-state index < -0.39 is 0 Å². The molecular formula is C13H14N2O2S. The first-order chi connectivity index (χ1) is 8.79. The molecule has 2 aromatic rings. The molecular weight excluding hydrogens is 248 g/mol. The maximum atomic E-state index is 8.54. The van der Waals surface area contributed by atoms with Crippen LogP contribution in [0.5, 0.6) is 0 Å². The third-order valence-electron chi connectivity index (χ3n) is 2.45. The van der Waals surface area contributed by atoms with Gasteiger partial charge in [0.05, 0.1) is 13.2 Å². The topological polar surface area (TPSA) is 67.8 Å². The molecule has 0 fully saturated rings. The van der Waals surface area contributed by atoms with Crippen molar-refractivity contribution in [3.63, 3.8) is 0 Å². The van der Waals surface area contributed by atoms with Gasteiger partial charge in [-0.25, -0.2) is 0 Å². The molecule has 0 aliphatic heterocycles. The average Bonchev–Trinajstić information content (AvgIpc) is 2.92. The van der Waals surface area contributed by atoms with Gasteiger partial charge in [0.15, 0.2) is 5.84 Å². The predicted molar refractivity (Wildman–Crippen MR) is 71.8 cm³/mol.